The number of hydrogen-bond acceptors (Lipinski definition) is 4. The summed E-state index contributed by atoms with van der Waals surface area (Å²) in [7, 11) is 0. The van der Waals surface area contributed by atoms with E-state index in [4.69, 9.17) is 4.74 Å². The van der Waals surface area contributed by atoms with Crippen molar-refractivity contribution in [2.24, 2.45) is 29.1 Å². The van der Waals surface area contributed by atoms with Crippen LogP contribution in [0.3, 0.4) is 0 Å². The fourth-order valence-corrected chi connectivity index (χ4v) is 7.00. The van der Waals surface area contributed by atoms with Crippen molar-refractivity contribution in [1.82, 2.24) is 5.32 Å². The number of cyclic esters (lactones) is 1. The molecule has 0 aromatic heterocycles. The smallest absolute Gasteiger partial charge is 0.416 e. The van der Waals surface area contributed by atoms with E-state index in [1.54, 1.807) is 6.07 Å². The lowest BCUT2D eigenvalue weighted by Gasteiger charge is -2.50. The van der Waals surface area contributed by atoms with Crippen molar-refractivity contribution in [2.75, 3.05) is 13.2 Å². The highest BCUT2D eigenvalue weighted by molar-refractivity contribution is 5.80. The van der Waals surface area contributed by atoms with Crippen LogP contribution in [0.5, 0.6) is 0 Å². The van der Waals surface area contributed by atoms with Crippen molar-refractivity contribution in [3.05, 3.63) is 65.4 Å². The van der Waals surface area contributed by atoms with Crippen LogP contribution in [-0.4, -0.2) is 30.3 Å². The summed E-state index contributed by atoms with van der Waals surface area (Å²) in [5, 5.41) is 13.7. The maximum atomic E-state index is 13.1. The van der Waals surface area contributed by atoms with E-state index in [9.17, 15) is 23.1 Å². The van der Waals surface area contributed by atoms with Crippen molar-refractivity contribution in [2.45, 2.75) is 51.3 Å². The Balaban J connectivity index is 1.40. The first kappa shape index (κ1) is 24.2. The second-order valence-corrected chi connectivity index (χ2v) is 10.5. The maximum absolute atomic E-state index is 13.1. The molecule has 3 fully saturated rings. The summed E-state index contributed by atoms with van der Waals surface area (Å²) < 4.78 is 44.9. The van der Waals surface area contributed by atoms with Crippen molar-refractivity contribution < 1.29 is 27.8 Å². The minimum atomic E-state index is -4.37. The predicted octanol–water partition coefficient (Wildman–Crippen LogP) is 5.50. The average molecular weight is 488 g/mol. The molecule has 4 aliphatic rings. The summed E-state index contributed by atoms with van der Waals surface area (Å²) >= 11 is 0. The van der Waals surface area contributed by atoms with Gasteiger partial charge in [0.1, 0.15) is 6.10 Å². The van der Waals surface area contributed by atoms with Gasteiger partial charge in [0.2, 0.25) is 0 Å². The molecule has 2 aliphatic carbocycles. The molecule has 6 atom stereocenters. The van der Waals surface area contributed by atoms with E-state index in [0.29, 0.717) is 30.4 Å². The molecule has 1 saturated heterocycles. The topological polar surface area (TPSA) is 58.6 Å². The molecule has 0 radical (unpaired) electrons. The summed E-state index contributed by atoms with van der Waals surface area (Å²) in [6.07, 6.45) is 8.57. The number of alkyl halides is 3. The third kappa shape index (κ3) is 4.32. The summed E-state index contributed by atoms with van der Waals surface area (Å²) in [5.41, 5.74) is 0.747. The quantitative estimate of drug-likeness (QED) is 0.551. The van der Waals surface area contributed by atoms with E-state index >= 15 is 0 Å². The van der Waals surface area contributed by atoms with Gasteiger partial charge in [-0.3, -0.25) is 4.79 Å². The molecule has 2 N–H and O–H groups in total. The van der Waals surface area contributed by atoms with Crippen molar-refractivity contribution in [1.29, 1.82) is 0 Å². The van der Waals surface area contributed by atoms with Crippen LogP contribution in [0, 0.1) is 29.1 Å². The number of rotatable bonds is 4. The van der Waals surface area contributed by atoms with Gasteiger partial charge < -0.3 is 15.2 Å². The Hall–Kier alpha value is -2.54. The lowest BCUT2D eigenvalue weighted by Crippen LogP contribution is -2.51. The molecule has 188 valence electrons. The Kier molecular flexibility index (Phi) is 6.32. The van der Waals surface area contributed by atoms with Gasteiger partial charge in [-0.1, -0.05) is 43.5 Å². The summed E-state index contributed by atoms with van der Waals surface area (Å²) in [6.45, 7) is 2.18. The molecule has 7 heteroatoms. The SMILES string of the molecule is C[C@H]1OC(=O)[C@]2(CO)C[C@@H]3CCCCC3[C@H](/C=C/C3=CC=C(c4cccc(C(F)(F)F)c4)CN3)[C@H]12. The minimum Gasteiger partial charge on any atom is -0.462 e. The number of dihydropyridines is 1. The second-order valence-electron chi connectivity index (χ2n) is 10.5. The number of esters is 1. The number of allylic oxidation sites excluding steroid dienone is 4. The molecule has 2 saturated carbocycles. The van der Waals surface area contributed by atoms with E-state index in [-0.39, 0.29) is 30.5 Å². The number of ether oxygens (including phenoxy) is 1. The highest BCUT2D eigenvalue weighted by Gasteiger charge is 2.63. The van der Waals surface area contributed by atoms with Crippen LogP contribution >= 0.6 is 0 Å². The first-order valence-electron chi connectivity index (χ1n) is 12.6. The summed E-state index contributed by atoms with van der Waals surface area (Å²) in [6, 6.07) is 5.38. The molecule has 0 amide bonds. The van der Waals surface area contributed by atoms with Crippen molar-refractivity contribution in [3.63, 3.8) is 0 Å². The number of halogens is 3. The average Bonchev–Trinajstić information content (AvgIpc) is 3.11. The van der Waals surface area contributed by atoms with Crippen LogP contribution < -0.4 is 5.32 Å². The molecule has 0 spiro atoms. The largest absolute Gasteiger partial charge is 0.462 e. The van der Waals surface area contributed by atoms with Crippen LogP contribution in [-0.2, 0) is 15.7 Å². The van der Waals surface area contributed by atoms with Crippen LogP contribution in [0.2, 0.25) is 0 Å². The number of carbonyl (C=O) groups is 1. The third-order valence-electron chi connectivity index (χ3n) is 8.63. The molecule has 2 heterocycles. The monoisotopic (exact) mass is 487 g/mol. The lowest BCUT2D eigenvalue weighted by molar-refractivity contribution is -0.153. The molecule has 5 rings (SSSR count). The maximum Gasteiger partial charge on any atom is 0.416 e. The molecule has 1 aromatic rings. The van der Waals surface area contributed by atoms with E-state index in [0.717, 1.165) is 36.6 Å². The first-order chi connectivity index (χ1) is 16.7. The normalized spacial score (nSPS) is 35.0. The molecule has 35 heavy (non-hydrogen) atoms. The van der Waals surface area contributed by atoms with E-state index in [1.807, 2.05) is 25.2 Å². The van der Waals surface area contributed by atoms with Crippen LogP contribution in [0.4, 0.5) is 13.2 Å². The number of aliphatic hydroxyl groups excluding tert-OH is 1. The van der Waals surface area contributed by atoms with Crippen LogP contribution in [0.1, 0.15) is 50.2 Å². The van der Waals surface area contributed by atoms with Gasteiger partial charge in [-0.15, -0.1) is 0 Å². The predicted molar refractivity (Wildman–Crippen MR) is 127 cm³/mol. The Morgan fingerprint density at radius 3 is 2.74 bits per heavy atom. The van der Waals surface area contributed by atoms with Crippen LogP contribution in [0.25, 0.3) is 5.57 Å². The van der Waals surface area contributed by atoms with Gasteiger partial charge in [0, 0.05) is 18.2 Å². The fourth-order valence-electron chi connectivity index (χ4n) is 7.00. The van der Waals surface area contributed by atoms with Gasteiger partial charge in [-0.05, 0) is 72.9 Å². The second kappa shape index (κ2) is 9.16. The molecule has 1 unspecified atom stereocenters. The molecule has 4 nitrogen and oxygen atoms in total. The Morgan fingerprint density at radius 2 is 2.03 bits per heavy atom. The lowest BCUT2D eigenvalue weighted by atomic mass is 9.52. The molecule has 1 aromatic carbocycles. The number of hydrogen-bond donors (Lipinski definition) is 2. The molecular weight excluding hydrogens is 455 g/mol. The Bertz CT molecular complexity index is 1080. The van der Waals surface area contributed by atoms with Gasteiger partial charge in [0.15, 0.2) is 0 Å². The van der Waals surface area contributed by atoms with Gasteiger partial charge in [0.25, 0.3) is 0 Å². The van der Waals surface area contributed by atoms with Gasteiger partial charge >= 0.3 is 12.1 Å². The van der Waals surface area contributed by atoms with E-state index in [1.165, 1.54) is 18.6 Å². The zero-order valence-corrected chi connectivity index (χ0v) is 19.9. The van der Waals surface area contributed by atoms with Crippen molar-refractivity contribution >= 4 is 11.5 Å². The van der Waals surface area contributed by atoms with Crippen LogP contribution in [0.15, 0.2) is 54.3 Å². The summed E-state index contributed by atoms with van der Waals surface area (Å²) in [5.74, 6) is 0.668. The third-order valence-corrected chi connectivity index (χ3v) is 8.63. The fraction of sp³-hybridized carbons (Fsp3) is 0.536. The molecule has 2 aliphatic heterocycles. The highest BCUT2D eigenvalue weighted by Crippen LogP contribution is 2.59. The van der Waals surface area contributed by atoms with E-state index in [2.05, 4.69) is 11.4 Å². The van der Waals surface area contributed by atoms with Gasteiger partial charge in [0.05, 0.1) is 17.6 Å². The molecule has 0 bridgehead atoms. The van der Waals surface area contributed by atoms with Gasteiger partial charge in [-0.25, -0.2) is 0 Å². The van der Waals surface area contributed by atoms with Crippen molar-refractivity contribution in [3.8, 4) is 0 Å². The number of nitrogens with one attached hydrogen (secondary N) is 1. The Labute approximate surface area is 203 Å². The zero-order valence-electron chi connectivity index (χ0n) is 19.9. The number of carbonyl (C=O) groups excluding carboxylic acids is 1. The zero-order chi connectivity index (χ0) is 24.8. The standard InChI is InChI=1S/C28H32F3NO3/c1-17-25-24(23-8-3-2-5-19(23)14-27(25,16-33)26(34)35-17)12-11-22-10-9-20(15-32-22)18-6-4-7-21(13-18)28(29,30)31/h4,6-7,9-13,17,19,23-25,32-33H,2-3,5,8,14-16H2,1H3/b12-11+/t17-,19+,23?,24+,25+,27+/m1/s1. The minimum absolute atomic E-state index is 0.0593. The summed E-state index contributed by atoms with van der Waals surface area (Å²) in [4.78, 5) is 12.8. The highest BCUT2D eigenvalue weighted by atomic mass is 19.4. The van der Waals surface area contributed by atoms with Gasteiger partial charge in [-0.2, -0.15) is 13.2 Å². The number of fused-ring (bicyclic) bond motifs is 2. The number of aliphatic hydroxyl groups is 1. The van der Waals surface area contributed by atoms with E-state index < -0.39 is 17.2 Å². The first-order valence-corrected chi connectivity index (χ1v) is 12.6. The number of benzene rings is 1. The Morgan fingerprint density at radius 1 is 1.23 bits per heavy atom. The molecular formula is C28H32F3NO3.